The van der Waals surface area contributed by atoms with Crippen molar-refractivity contribution in [2.24, 2.45) is 92.7 Å². The zero-order valence-corrected chi connectivity index (χ0v) is 53.9. The number of nitrogens with one attached hydrogen (secondary N) is 4. The lowest BCUT2D eigenvalue weighted by Crippen LogP contribution is -2.51. The Morgan fingerprint density at radius 3 is 1.29 bits per heavy atom. The molecule has 8 aliphatic rings. The number of carbonyl (C=O) groups excluding carboxylic acids is 4. The molecule has 4 N–H and O–H groups in total. The third kappa shape index (κ3) is 12.7. The van der Waals surface area contributed by atoms with Crippen molar-refractivity contribution in [3.8, 4) is 0 Å². The number of hydrogen-bond donors (Lipinski definition) is 4. The fraction of sp³-hybridized carbons (Fsp3) is 0.676. The molecule has 2 aromatic heterocycles. The van der Waals surface area contributed by atoms with Crippen LogP contribution in [0.15, 0.2) is 84.0 Å². The number of rotatable bonds is 18. The number of ether oxygens (including phenoxy) is 2. The average Bonchev–Trinajstić information content (AvgIpc) is 2.45. The van der Waals surface area contributed by atoms with Gasteiger partial charge in [-0.1, -0.05) is 149 Å². The number of hydrogen-bond acceptors (Lipinski definition) is 8. The van der Waals surface area contributed by atoms with Crippen LogP contribution in [0.2, 0.25) is 0 Å². The Kier molecular flexibility index (Phi) is 18.4. The highest BCUT2D eigenvalue weighted by Gasteiger charge is 2.61. The van der Waals surface area contributed by atoms with Gasteiger partial charge in [0.2, 0.25) is 0 Å². The standard InChI is InChI=1S/C74H104N6O6/c1-45(2)16-11-18-47(5)57-30-32-59-55-28-26-51-43-53(34-38-71(51,7)61(55)36-40-73(57,59)9)85-69(83)79-65-24-14-22-63(75-65)77-67(81)49-20-13-21-50(42-49)68(82)78-64-23-15-25-66(76-64)80-70(84)86-54-35-39-72(8)52(44-54)27-29-56-60-33-31-58(48(6)19-12-17-46(3)4)74(60,10)41-37-62(56)72/h13-15,20-27,42,45-48,53-62H,11-12,16-19,28-41,43-44H2,1-10H3,(H2,75,77,79,81,83)(H2,76,78,80,82,84)/t47-,48-,53?,54?,55+,56+,57-,58-,59+,60+,61+,62+,71+,72+,73-,74-/m1/s1. The van der Waals surface area contributed by atoms with Crippen LogP contribution in [0.5, 0.6) is 0 Å². The second-order valence-electron chi connectivity index (χ2n) is 30.7. The van der Waals surface area contributed by atoms with Gasteiger partial charge in [-0.05, 0) is 225 Å². The second kappa shape index (κ2) is 25.5. The first-order valence-electron chi connectivity index (χ1n) is 34.1. The Hall–Kier alpha value is -5.52. The minimum absolute atomic E-state index is 0.152. The molecular weight excluding hydrogens is 1070 g/mol. The molecule has 2 heterocycles. The second-order valence-corrected chi connectivity index (χ2v) is 30.7. The number of amides is 4. The molecule has 0 aliphatic heterocycles. The Labute approximate surface area is 515 Å². The fourth-order valence-electron chi connectivity index (χ4n) is 20.4. The number of benzene rings is 1. The number of pyridine rings is 2. The maximum atomic E-state index is 13.6. The van der Waals surface area contributed by atoms with Crippen molar-refractivity contribution >= 4 is 47.3 Å². The van der Waals surface area contributed by atoms with Crippen molar-refractivity contribution in [3.05, 3.63) is 95.1 Å². The predicted molar refractivity (Wildman–Crippen MR) is 345 cm³/mol. The Balaban J connectivity index is 0.629. The number of anilines is 4. The molecule has 0 saturated heterocycles. The molecule has 6 fully saturated rings. The van der Waals surface area contributed by atoms with Crippen LogP contribution in [0, 0.1) is 92.7 Å². The number of aromatic nitrogens is 2. The molecule has 1 aromatic carbocycles. The van der Waals surface area contributed by atoms with Gasteiger partial charge in [0.05, 0.1) is 0 Å². The zero-order chi connectivity index (χ0) is 60.7. The molecule has 466 valence electrons. The molecule has 3 aromatic rings. The highest BCUT2D eigenvalue weighted by molar-refractivity contribution is 6.08. The Morgan fingerprint density at radius 1 is 0.488 bits per heavy atom. The monoisotopic (exact) mass is 1170 g/mol. The number of carbonyl (C=O) groups is 4. The number of nitrogens with zero attached hydrogens (tertiary/aromatic N) is 2. The number of fused-ring (bicyclic) bond motifs is 10. The molecule has 0 spiro atoms. The van der Waals surface area contributed by atoms with Gasteiger partial charge in [0.1, 0.15) is 35.5 Å². The van der Waals surface area contributed by atoms with Gasteiger partial charge in [-0.2, -0.15) is 0 Å². The summed E-state index contributed by atoms with van der Waals surface area (Å²) < 4.78 is 12.2. The zero-order valence-electron chi connectivity index (χ0n) is 53.9. The molecule has 12 nitrogen and oxygen atoms in total. The minimum atomic E-state index is -0.561. The lowest BCUT2D eigenvalue weighted by atomic mass is 9.47. The van der Waals surface area contributed by atoms with Crippen molar-refractivity contribution in [1.29, 1.82) is 0 Å². The van der Waals surface area contributed by atoms with Gasteiger partial charge in [0, 0.05) is 24.0 Å². The van der Waals surface area contributed by atoms with E-state index >= 15 is 0 Å². The predicted octanol–water partition coefficient (Wildman–Crippen LogP) is 18.9. The fourth-order valence-corrected chi connectivity index (χ4v) is 20.4. The minimum Gasteiger partial charge on any atom is -0.446 e. The Bertz CT molecular complexity index is 2830. The van der Waals surface area contributed by atoms with Crippen molar-refractivity contribution in [3.63, 3.8) is 0 Å². The molecule has 11 rings (SSSR count). The van der Waals surface area contributed by atoms with Crippen LogP contribution in [0.3, 0.4) is 0 Å². The number of allylic oxidation sites excluding steroid dienone is 2. The van der Waals surface area contributed by atoms with E-state index in [9.17, 15) is 19.2 Å². The molecule has 12 heteroatoms. The van der Waals surface area contributed by atoms with Crippen LogP contribution >= 0.6 is 0 Å². The normalized spacial score (nSPS) is 34.1. The van der Waals surface area contributed by atoms with Crippen molar-refractivity contribution in [1.82, 2.24) is 9.97 Å². The summed E-state index contributed by atoms with van der Waals surface area (Å²) in [6, 6.07) is 16.4. The summed E-state index contributed by atoms with van der Waals surface area (Å²) in [7, 11) is 0. The first-order valence-corrected chi connectivity index (χ1v) is 34.1. The summed E-state index contributed by atoms with van der Waals surface area (Å²) >= 11 is 0. The molecular formula is C74H104N6O6. The topological polar surface area (TPSA) is 161 Å². The summed E-state index contributed by atoms with van der Waals surface area (Å²) in [5.74, 6) is 9.33. The molecule has 8 aliphatic carbocycles. The highest BCUT2D eigenvalue weighted by Crippen LogP contribution is 2.69. The third-order valence-electron chi connectivity index (χ3n) is 24.9. The van der Waals surface area contributed by atoms with Crippen LogP contribution in [0.1, 0.15) is 231 Å². The van der Waals surface area contributed by atoms with E-state index in [1.54, 1.807) is 54.6 Å². The van der Waals surface area contributed by atoms with Crippen LogP contribution in [0.4, 0.5) is 32.9 Å². The summed E-state index contributed by atoms with van der Waals surface area (Å²) in [5.41, 5.74) is 4.62. The van der Waals surface area contributed by atoms with Gasteiger partial charge < -0.3 is 20.1 Å². The van der Waals surface area contributed by atoms with E-state index in [1.807, 2.05) is 0 Å². The lowest BCUT2D eigenvalue weighted by Gasteiger charge is -2.58. The van der Waals surface area contributed by atoms with Crippen LogP contribution < -0.4 is 21.3 Å². The van der Waals surface area contributed by atoms with Crippen molar-refractivity contribution in [2.45, 2.75) is 223 Å². The summed E-state index contributed by atoms with van der Waals surface area (Å²) in [6.07, 6.45) is 30.0. The van der Waals surface area contributed by atoms with E-state index in [0.29, 0.717) is 22.7 Å². The van der Waals surface area contributed by atoms with Gasteiger partial charge in [-0.25, -0.2) is 19.6 Å². The SMILES string of the molecule is CC(C)CCC[C@@H](C)[C@H]1CC[C@H]2[C@@H]3CC=C4CC(OC(=O)Nc5cccc(NC(=O)c6cccc(C(=O)Nc7cccc(NC(=O)OC8CC[C@@]9(C)C(=CC[C@H]%10[C@@H]%11CC[C@H]([C@H](C)CCCC(C)C)[C@@]%11(C)CC[C@@H]%109)C8)n7)c6)n5)CC[C@]4(C)[C@H]3CC[C@]12C. The molecule has 0 bridgehead atoms. The lowest BCUT2D eigenvalue weighted by molar-refractivity contribution is -0.0577. The van der Waals surface area contributed by atoms with E-state index in [0.717, 1.165) is 111 Å². The van der Waals surface area contributed by atoms with Crippen molar-refractivity contribution in [2.75, 3.05) is 21.3 Å². The van der Waals surface area contributed by atoms with Gasteiger partial charge >= 0.3 is 12.2 Å². The first kappa shape index (κ1) is 62.1. The van der Waals surface area contributed by atoms with Gasteiger partial charge in [-0.3, -0.25) is 20.2 Å². The Morgan fingerprint density at radius 2 is 0.884 bits per heavy atom. The quantitative estimate of drug-likeness (QED) is 0.0916. The van der Waals surface area contributed by atoms with E-state index in [1.165, 1.54) is 107 Å². The maximum absolute atomic E-state index is 13.6. The van der Waals surface area contributed by atoms with Crippen LogP contribution in [-0.4, -0.2) is 46.2 Å². The summed E-state index contributed by atoms with van der Waals surface area (Å²) in [5, 5.41) is 11.2. The van der Waals surface area contributed by atoms with Crippen LogP contribution in [-0.2, 0) is 9.47 Å². The van der Waals surface area contributed by atoms with Gasteiger partial charge in [0.15, 0.2) is 0 Å². The molecule has 2 unspecified atom stereocenters. The van der Waals surface area contributed by atoms with E-state index in [-0.39, 0.29) is 57.4 Å². The first-order chi connectivity index (χ1) is 41.1. The van der Waals surface area contributed by atoms with E-state index in [4.69, 9.17) is 9.47 Å². The van der Waals surface area contributed by atoms with Crippen LogP contribution in [0.25, 0.3) is 0 Å². The molecule has 86 heavy (non-hydrogen) atoms. The maximum Gasteiger partial charge on any atom is 0.413 e. The molecule has 4 amide bonds. The van der Waals surface area contributed by atoms with Crippen molar-refractivity contribution < 1.29 is 28.7 Å². The van der Waals surface area contributed by atoms with E-state index < -0.39 is 24.0 Å². The van der Waals surface area contributed by atoms with Gasteiger partial charge in [-0.15, -0.1) is 0 Å². The molecule has 0 radical (unpaired) electrons. The summed E-state index contributed by atoms with van der Waals surface area (Å²) in [6.45, 7) is 24.8. The summed E-state index contributed by atoms with van der Waals surface area (Å²) in [4.78, 5) is 63.1. The van der Waals surface area contributed by atoms with Gasteiger partial charge in [0.25, 0.3) is 11.8 Å². The molecule has 16 atom stereocenters. The molecule has 6 saturated carbocycles. The average molecular weight is 1170 g/mol. The largest absolute Gasteiger partial charge is 0.446 e. The highest BCUT2D eigenvalue weighted by atomic mass is 16.6. The van der Waals surface area contributed by atoms with E-state index in [2.05, 4.69) is 113 Å². The smallest absolute Gasteiger partial charge is 0.413 e. The third-order valence-corrected chi connectivity index (χ3v) is 24.9.